The van der Waals surface area contributed by atoms with Gasteiger partial charge in [-0.1, -0.05) is 23.5 Å². The monoisotopic (exact) mass is 316 g/mol. The molecule has 0 unspecified atom stereocenters. The lowest BCUT2D eigenvalue weighted by molar-refractivity contribution is -0.134. The second-order valence-electron chi connectivity index (χ2n) is 4.07. The third kappa shape index (κ3) is 4.35. The Hall–Kier alpha value is -2.29. The minimum Gasteiger partial charge on any atom is -0.357 e. The number of anilines is 2. The lowest BCUT2D eigenvalue weighted by Gasteiger charge is -2.05. The van der Waals surface area contributed by atoms with Crippen molar-refractivity contribution in [3.05, 3.63) is 40.9 Å². The Labute approximate surface area is 122 Å². The molecule has 0 atom stereocenters. The molecule has 5 nitrogen and oxygen atoms in total. The van der Waals surface area contributed by atoms with E-state index in [2.05, 4.69) is 15.6 Å². The molecule has 1 aromatic carbocycles. The summed E-state index contributed by atoms with van der Waals surface area (Å²) in [6, 6.07) is 6.06. The van der Waals surface area contributed by atoms with Gasteiger partial charge in [-0.25, -0.2) is 9.78 Å². The molecular weight excluding hydrogens is 305 g/mol. The second kappa shape index (κ2) is 6.00. The zero-order chi connectivity index (χ0) is 15.5. The van der Waals surface area contributed by atoms with Gasteiger partial charge in [0.05, 0.1) is 6.20 Å². The SMILES string of the molecule is NC(=O)Nc1ccc(CNc2ncc(C(F)(F)F)s2)cc1. The van der Waals surface area contributed by atoms with Gasteiger partial charge < -0.3 is 16.4 Å². The van der Waals surface area contributed by atoms with Gasteiger partial charge in [-0.15, -0.1) is 0 Å². The highest BCUT2D eigenvalue weighted by Gasteiger charge is 2.33. The molecule has 2 rings (SSSR count). The standard InChI is InChI=1S/C12H11F3N4OS/c13-12(14,15)9-6-18-11(21-9)17-5-7-1-3-8(4-2-7)19-10(16)20/h1-4,6H,5H2,(H,17,18)(H3,16,19,20). The molecule has 0 saturated heterocycles. The number of halogens is 3. The van der Waals surface area contributed by atoms with E-state index in [1.165, 1.54) is 0 Å². The Kier molecular flexibility index (Phi) is 4.32. The van der Waals surface area contributed by atoms with Crippen LogP contribution in [0.25, 0.3) is 0 Å². The van der Waals surface area contributed by atoms with Crippen LogP contribution in [0.5, 0.6) is 0 Å². The number of urea groups is 1. The number of benzene rings is 1. The average molecular weight is 316 g/mol. The number of thiazole rings is 1. The molecule has 0 saturated carbocycles. The van der Waals surface area contributed by atoms with Crippen LogP contribution in [0.4, 0.5) is 28.8 Å². The first-order valence-corrected chi connectivity index (χ1v) is 6.58. The van der Waals surface area contributed by atoms with Crippen molar-refractivity contribution < 1.29 is 18.0 Å². The summed E-state index contributed by atoms with van der Waals surface area (Å²) in [5.74, 6) is 0. The van der Waals surface area contributed by atoms with Gasteiger partial charge in [0, 0.05) is 12.2 Å². The van der Waals surface area contributed by atoms with E-state index >= 15 is 0 Å². The maximum Gasteiger partial charge on any atom is 0.427 e. The van der Waals surface area contributed by atoms with Gasteiger partial charge >= 0.3 is 12.2 Å². The number of rotatable bonds is 4. The Morgan fingerprint density at radius 3 is 2.48 bits per heavy atom. The number of nitrogens with two attached hydrogens (primary N) is 1. The molecule has 1 heterocycles. The fourth-order valence-corrected chi connectivity index (χ4v) is 2.19. The van der Waals surface area contributed by atoms with Crippen LogP contribution in [-0.4, -0.2) is 11.0 Å². The Bertz CT molecular complexity index is 624. The molecule has 0 fully saturated rings. The van der Waals surface area contributed by atoms with Gasteiger partial charge in [0.1, 0.15) is 4.88 Å². The molecular formula is C12H11F3N4OS. The van der Waals surface area contributed by atoms with Crippen LogP contribution in [0.3, 0.4) is 0 Å². The van der Waals surface area contributed by atoms with Gasteiger partial charge in [0.15, 0.2) is 5.13 Å². The van der Waals surface area contributed by atoms with Crippen LogP contribution >= 0.6 is 11.3 Å². The molecule has 2 amide bonds. The molecule has 0 aliphatic heterocycles. The summed E-state index contributed by atoms with van der Waals surface area (Å²) in [6.45, 7) is 0.321. The number of nitrogens with one attached hydrogen (secondary N) is 2. The van der Waals surface area contributed by atoms with E-state index in [4.69, 9.17) is 5.73 Å². The number of carbonyl (C=O) groups excluding carboxylic acids is 1. The van der Waals surface area contributed by atoms with E-state index < -0.39 is 17.1 Å². The molecule has 1 aromatic heterocycles. The van der Waals surface area contributed by atoms with E-state index in [0.717, 1.165) is 11.8 Å². The third-order valence-corrected chi connectivity index (χ3v) is 3.45. The summed E-state index contributed by atoms with van der Waals surface area (Å²) in [7, 11) is 0. The maximum atomic E-state index is 12.4. The van der Waals surface area contributed by atoms with Crippen molar-refractivity contribution >= 4 is 28.2 Å². The van der Waals surface area contributed by atoms with Gasteiger partial charge in [-0.3, -0.25) is 0 Å². The minimum absolute atomic E-state index is 0.196. The molecule has 0 aliphatic rings. The number of alkyl halides is 3. The Morgan fingerprint density at radius 2 is 1.95 bits per heavy atom. The molecule has 9 heteroatoms. The van der Waals surface area contributed by atoms with Gasteiger partial charge in [-0.2, -0.15) is 13.2 Å². The topological polar surface area (TPSA) is 80.0 Å². The lowest BCUT2D eigenvalue weighted by atomic mass is 10.2. The number of primary amides is 1. The van der Waals surface area contributed by atoms with Gasteiger partial charge in [0.2, 0.25) is 0 Å². The van der Waals surface area contributed by atoms with Crippen molar-refractivity contribution in [3.8, 4) is 0 Å². The van der Waals surface area contributed by atoms with E-state index in [0.29, 0.717) is 23.6 Å². The first kappa shape index (κ1) is 15.1. The molecule has 4 N–H and O–H groups in total. The van der Waals surface area contributed by atoms with Crippen molar-refractivity contribution in [2.45, 2.75) is 12.7 Å². The first-order chi connectivity index (χ1) is 9.84. The maximum absolute atomic E-state index is 12.4. The van der Waals surface area contributed by atoms with Crippen molar-refractivity contribution in [2.75, 3.05) is 10.6 Å². The highest BCUT2D eigenvalue weighted by Crippen LogP contribution is 2.35. The Balaban J connectivity index is 1.94. The number of nitrogens with zero attached hydrogens (tertiary/aromatic N) is 1. The third-order valence-electron chi connectivity index (χ3n) is 2.45. The highest BCUT2D eigenvalue weighted by atomic mass is 32.1. The van der Waals surface area contributed by atoms with Crippen molar-refractivity contribution in [2.24, 2.45) is 5.73 Å². The van der Waals surface area contributed by atoms with Crippen molar-refractivity contribution in [1.82, 2.24) is 4.98 Å². The summed E-state index contributed by atoms with van der Waals surface area (Å²) >= 11 is 0.550. The van der Waals surface area contributed by atoms with E-state index in [9.17, 15) is 18.0 Å². The first-order valence-electron chi connectivity index (χ1n) is 5.77. The van der Waals surface area contributed by atoms with Crippen LogP contribution in [-0.2, 0) is 12.7 Å². The van der Waals surface area contributed by atoms with Crippen LogP contribution < -0.4 is 16.4 Å². The Morgan fingerprint density at radius 1 is 1.29 bits per heavy atom. The largest absolute Gasteiger partial charge is 0.427 e. The number of amides is 2. The predicted molar refractivity (Wildman–Crippen MR) is 74.1 cm³/mol. The number of aromatic nitrogens is 1. The quantitative estimate of drug-likeness (QED) is 0.810. The van der Waals surface area contributed by atoms with Gasteiger partial charge in [0.25, 0.3) is 0 Å². The summed E-state index contributed by atoms with van der Waals surface area (Å²) in [5.41, 5.74) is 6.34. The molecule has 0 bridgehead atoms. The van der Waals surface area contributed by atoms with E-state index in [-0.39, 0.29) is 5.13 Å². The lowest BCUT2D eigenvalue weighted by Crippen LogP contribution is -2.19. The van der Waals surface area contributed by atoms with E-state index in [1.807, 2.05) is 0 Å². The average Bonchev–Trinajstić information content (AvgIpc) is 2.86. The number of hydrogen-bond acceptors (Lipinski definition) is 4. The summed E-state index contributed by atoms with van der Waals surface area (Å²) in [4.78, 5) is 13.6. The summed E-state index contributed by atoms with van der Waals surface area (Å²) in [6.07, 6.45) is -3.58. The molecule has 112 valence electrons. The van der Waals surface area contributed by atoms with Crippen molar-refractivity contribution in [3.63, 3.8) is 0 Å². The number of hydrogen-bond donors (Lipinski definition) is 3. The predicted octanol–water partition coefficient (Wildman–Crippen LogP) is 3.26. The fourth-order valence-electron chi connectivity index (χ4n) is 1.51. The van der Waals surface area contributed by atoms with E-state index in [1.54, 1.807) is 24.3 Å². The van der Waals surface area contributed by atoms with Crippen LogP contribution in [0.1, 0.15) is 10.4 Å². The van der Waals surface area contributed by atoms with Crippen molar-refractivity contribution in [1.29, 1.82) is 0 Å². The highest BCUT2D eigenvalue weighted by molar-refractivity contribution is 7.15. The normalized spacial score (nSPS) is 11.2. The smallest absolute Gasteiger partial charge is 0.357 e. The zero-order valence-corrected chi connectivity index (χ0v) is 11.4. The van der Waals surface area contributed by atoms with Crippen LogP contribution in [0.15, 0.2) is 30.5 Å². The van der Waals surface area contributed by atoms with Gasteiger partial charge in [-0.05, 0) is 17.7 Å². The number of carbonyl (C=O) groups is 1. The van der Waals surface area contributed by atoms with Crippen LogP contribution in [0, 0.1) is 0 Å². The summed E-state index contributed by atoms with van der Waals surface area (Å²) < 4.78 is 37.2. The fraction of sp³-hybridized carbons (Fsp3) is 0.167. The zero-order valence-electron chi connectivity index (χ0n) is 10.6. The summed E-state index contributed by atoms with van der Waals surface area (Å²) in [5, 5.41) is 5.41. The molecule has 0 spiro atoms. The van der Waals surface area contributed by atoms with Crippen LogP contribution in [0.2, 0.25) is 0 Å². The second-order valence-corrected chi connectivity index (χ2v) is 5.10. The molecule has 2 aromatic rings. The molecule has 21 heavy (non-hydrogen) atoms. The molecule has 0 radical (unpaired) electrons. The molecule has 0 aliphatic carbocycles. The minimum atomic E-state index is -4.38.